The van der Waals surface area contributed by atoms with Gasteiger partial charge in [0.05, 0.1) is 6.54 Å². The molecule has 0 saturated heterocycles. The number of nitrogens with one attached hydrogen (secondary N) is 1. The first-order valence-corrected chi connectivity index (χ1v) is 8.88. The van der Waals surface area contributed by atoms with Crippen LogP contribution in [0.15, 0.2) is 79.0 Å². The molecule has 0 fully saturated rings. The number of pyridine rings is 1. The van der Waals surface area contributed by atoms with Gasteiger partial charge in [-0.3, -0.25) is 4.79 Å². The molecule has 1 N–H and O–H groups in total. The summed E-state index contributed by atoms with van der Waals surface area (Å²) in [6.07, 6.45) is 2.68. The highest BCUT2D eigenvalue weighted by Crippen LogP contribution is 2.20. The van der Waals surface area contributed by atoms with Gasteiger partial charge in [-0.2, -0.15) is 0 Å². The van der Waals surface area contributed by atoms with Gasteiger partial charge in [0, 0.05) is 24.0 Å². The van der Waals surface area contributed by atoms with Crippen molar-refractivity contribution in [2.45, 2.75) is 19.9 Å². The zero-order valence-electron chi connectivity index (χ0n) is 14.9. The topological polar surface area (TPSA) is 45.2 Å². The Kier molecular flexibility index (Phi) is 5.99. The van der Waals surface area contributed by atoms with E-state index >= 15 is 0 Å². The Morgan fingerprint density at radius 1 is 1.00 bits per heavy atom. The first kappa shape index (κ1) is 17.7. The number of anilines is 2. The Morgan fingerprint density at radius 2 is 1.69 bits per heavy atom. The lowest BCUT2D eigenvalue weighted by molar-refractivity contribution is 0.0985. The molecule has 0 aliphatic rings. The molecule has 0 bridgehead atoms. The van der Waals surface area contributed by atoms with Gasteiger partial charge in [0.1, 0.15) is 5.82 Å². The molecular weight excluding hydrogens is 322 g/mol. The first-order chi connectivity index (χ1) is 12.8. The Labute approximate surface area is 154 Å². The van der Waals surface area contributed by atoms with E-state index in [4.69, 9.17) is 0 Å². The molecule has 0 saturated carbocycles. The molecule has 132 valence electrons. The maximum Gasteiger partial charge on any atom is 0.258 e. The van der Waals surface area contributed by atoms with Crippen LogP contribution >= 0.6 is 0 Å². The normalized spacial score (nSPS) is 10.3. The monoisotopic (exact) mass is 345 g/mol. The quantitative estimate of drug-likeness (QED) is 0.672. The third-order valence-corrected chi connectivity index (χ3v) is 4.06. The van der Waals surface area contributed by atoms with Gasteiger partial charge in [-0.15, -0.1) is 0 Å². The highest BCUT2D eigenvalue weighted by Gasteiger charge is 2.18. The van der Waals surface area contributed by atoms with E-state index in [2.05, 4.69) is 17.2 Å². The summed E-state index contributed by atoms with van der Waals surface area (Å²) in [6.45, 7) is 3.44. The molecule has 1 heterocycles. The second kappa shape index (κ2) is 8.81. The predicted octanol–water partition coefficient (Wildman–Crippen LogP) is 4.75. The fourth-order valence-electron chi connectivity index (χ4n) is 2.72. The standard InChI is InChI=1S/C22H23N3O/c1-2-14-23-21-16-19(13-15-24-21)22(26)25(20-11-7-4-8-12-20)17-18-9-5-3-6-10-18/h3-13,15-16H,2,14,17H2,1H3,(H,23,24). The Bertz CT molecular complexity index is 834. The second-order valence-electron chi connectivity index (χ2n) is 6.07. The summed E-state index contributed by atoms with van der Waals surface area (Å²) in [7, 11) is 0. The molecular formula is C22H23N3O. The lowest BCUT2D eigenvalue weighted by Crippen LogP contribution is -2.30. The minimum absolute atomic E-state index is 0.0398. The van der Waals surface area contributed by atoms with Crippen molar-refractivity contribution >= 4 is 17.4 Å². The fourth-order valence-corrected chi connectivity index (χ4v) is 2.72. The van der Waals surface area contributed by atoms with Crippen LogP contribution < -0.4 is 10.2 Å². The summed E-state index contributed by atoms with van der Waals surface area (Å²) < 4.78 is 0. The number of amides is 1. The zero-order chi connectivity index (χ0) is 18.2. The SMILES string of the molecule is CCCNc1cc(C(=O)N(Cc2ccccc2)c2ccccc2)ccn1. The molecule has 0 radical (unpaired) electrons. The lowest BCUT2D eigenvalue weighted by atomic mass is 10.1. The summed E-state index contributed by atoms with van der Waals surface area (Å²) in [6, 6.07) is 23.4. The molecule has 26 heavy (non-hydrogen) atoms. The van der Waals surface area contributed by atoms with Crippen molar-refractivity contribution in [1.29, 1.82) is 0 Å². The van der Waals surface area contributed by atoms with Crippen LogP contribution in [0.4, 0.5) is 11.5 Å². The van der Waals surface area contributed by atoms with Crippen LogP contribution in [-0.4, -0.2) is 17.4 Å². The Morgan fingerprint density at radius 3 is 2.38 bits per heavy atom. The molecule has 4 nitrogen and oxygen atoms in total. The summed E-state index contributed by atoms with van der Waals surface area (Å²) >= 11 is 0. The van der Waals surface area contributed by atoms with Crippen molar-refractivity contribution in [1.82, 2.24) is 4.98 Å². The molecule has 0 aliphatic heterocycles. The molecule has 0 unspecified atom stereocenters. The number of rotatable bonds is 7. The Hall–Kier alpha value is -3.14. The van der Waals surface area contributed by atoms with E-state index in [0.717, 1.165) is 30.0 Å². The maximum absolute atomic E-state index is 13.2. The smallest absolute Gasteiger partial charge is 0.258 e. The van der Waals surface area contributed by atoms with Gasteiger partial charge in [-0.1, -0.05) is 55.5 Å². The van der Waals surface area contributed by atoms with Gasteiger partial charge < -0.3 is 10.2 Å². The van der Waals surface area contributed by atoms with Crippen LogP contribution in [0.1, 0.15) is 29.3 Å². The van der Waals surface area contributed by atoms with E-state index in [-0.39, 0.29) is 5.91 Å². The summed E-state index contributed by atoms with van der Waals surface area (Å²) in [4.78, 5) is 19.3. The highest BCUT2D eigenvalue weighted by atomic mass is 16.2. The van der Waals surface area contributed by atoms with Crippen molar-refractivity contribution in [3.05, 3.63) is 90.1 Å². The van der Waals surface area contributed by atoms with E-state index in [1.54, 1.807) is 17.2 Å². The maximum atomic E-state index is 13.2. The number of nitrogens with zero attached hydrogens (tertiary/aromatic N) is 2. The largest absolute Gasteiger partial charge is 0.370 e. The average Bonchev–Trinajstić information content (AvgIpc) is 2.71. The van der Waals surface area contributed by atoms with Gasteiger partial charge in [-0.05, 0) is 36.2 Å². The minimum Gasteiger partial charge on any atom is -0.370 e. The third-order valence-electron chi connectivity index (χ3n) is 4.06. The molecule has 2 aromatic carbocycles. The molecule has 0 aliphatic carbocycles. The van der Waals surface area contributed by atoms with Gasteiger partial charge >= 0.3 is 0 Å². The lowest BCUT2D eigenvalue weighted by Gasteiger charge is -2.23. The van der Waals surface area contributed by atoms with Crippen LogP contribution in [0.25, 0.3) is 0 Å². The molecule has 3 rings (SSSR count). The van der Waals surface area contributed by atoms with Crippen molar-refractivity contribution in [3.8, 4) is 0 Å². The molecule has 0 spiro atoms. The van der Waals surface area contributed by atoms with Gasteiger partial charge in [0.25, 0.3) is 5.91 Å². The zero-order valence-corrected chi connectivity index (χ0v) is 14.9. The van der Waals surface area contributed by atoms with Crippen molar-refractivity contribution in [3.63, 3.8) is 0 Å². The van der Waals surface area contributed by atoms with Crippen LogP contribution in [0, 0.1) is 0 Å². The van der Waals surface area contributed by atoms with Crippen LogP contribution in [0.2, 0.25) is 0 Å². The van der Waals surface area contributed by atoms with E-state index in [1.807, 2.05) is 66.7 Å². The van der Waals surface area contributed by atoms with Crippen LogP contribution in [-0.2, 0) is 6.54 Å². The molecule has 3 aromatic rings. The van der Waals surface area contributed by atoms with E-state index < -0.39 is 0 Å². The van der Waals surface area contributed by atoms with Crippen LogP contribution in [0.3, 0.4) is 0 Å². The second-order valence-corrected chi connectivity index (χ2v) is 6.07. The number of hydrogen-bond acceptors (Lipinski definition) is 3. The van der Waals surface area contributed by atoms with Crippen molar-refractivity contribution in [2.75, 3.05) is 16.8 Å². The molecule has 1 aromatic heterocycles. The number of carbonyl (C=O) groups excluding carboxylic acids is 1. The first-order valence-electron chi connectivity index (χ1n) is 8.88. The predicted molar refractivity (Wildman–Crippen MR) is 106 cm³/mol. The van der Waals surface area contributed by atoms with Crippen molar-refractivity contribution < 1.29 is 4.79 Å². The van der Waals surface area contributed by atoms with E-state index in [1.165, 1.54) is 0 Å². The summed E-state index contributed by atoms with van der Waals surface area (Å²) in [5, 5.41) is 3.24. The van der Waals surface area contributed by atoms with E-state index in [9.17, 15) is 4.79 Å². The number of hydrogen-bond donors (Lipinski definition) is 1. The van der Waals surface area contributed by atoms with Gasteiger partial charge in [0.2, 0.25) is 0 Å². The third kappa shape index (κ3) is 4.48. The number of carbonyl (C=O) groups is 1. The molecule has 1 amide bonds. The van der Waals surface area contributed by atoms with Crippen LogP contribution in [0.5, 0.6) is 0 Å². The molecule has 4 heteroatoms. The highest BCUT2D eigenvalue weighted by molar-refractivity contribution is 6.06. The molecule has 0 atom stereocenters. The number of aromatic nitrogens is 1. The number of para-hydroxylation sites is 1. The van der Waals surface area contributed by atoms with E-state index in [0.29, 0.717) is 12.1 Å². The summed E-state index contributed by atoms with van der Waals surface area (Å²) in [5.41, 5.74) is 2.59. The average molecular weight is 345 g/mol. The fraction of sp³-hybridized carbons (Fsp3) is 0.182. The number of benzene rings is 2. The minimum atomic E-state index is -0.0398. The van der Waals surface area contributed by atoms with Gasteiger partial charge in [0.15, 0.2) is 0 Å². The Balaban J connectivity index is 1.90. The van der Waals surface area contributed by atoms with Crippen molar-refractivity contribution in [2.24, 2.45) is 0 Å². The summed E-state index contributed by atoms with van der Waals surface area (Å²) in [5.74, 6) is 0.687. The van der Waals surface area contributed by atoms with Gasteiger partial charge in [-0.25, -0.2) is 4.98 Å².